The normalized spacial score (nSPS) is 10.9. The fraction of sp³-hybridized carbons (Fsp3) is 0.375. The Labute approximate surface area is 135 Å². The molecule has 0 aliphatic heterocycles. The van der Waals surface area contributed by atoms with Crippen molar-refractivity contribution in [1.29, 1.82) is 0 Å². The van der Waals surface area contributed by atoms with Crippen LogP contribution in [0.1, 0.15) is 31.2 Å². The molecule has 112 valence electrons. The maximum atomic E-state index is 6.18. The fourth-order valence-electron chi connectivity index (χ4n) is 1.79. The molecule has 1 heterocycles. The van der Waals surface area contributed by atoms with Crippen LogP contribution in [0.4, 0.5) is 5.82 Å². The van der Waals surface area contributed by atoms with Crippen molar-refractivity contribution < 1.29 is 0 Å². The van der Waals surface area contributed by atoms with Gasteiger partial charge in [-0.1, -0.05) is 43.6 Å². The minimum Gasteiger partial charge on any atom is -0.369 e. The van der Waals surface area contributed by atoms with Crippen LogP contribution in [0.5, 0.6) is 0 Å². The van der Waals surface area contributed by atoms with Gasteiger partial charge >= 0.3 is 0 Å². The maximum Gasteiger partial charge on any atom is 0.137 e. The summed E-state index contributed by atoms with van der Waals surface area (Å²) in [4.78, 5) is 10.2. The van der Waals surface area contributed by atoms with Gasteiger partial charge in [-0.15, -0.1) is 11.8 Å². The van der Waals surface area contributed by atoms with Gasteiger partial charge in [0.2, 0.25) is 0 Å². The van der Waals surface area contributed by atoms with Gasteiger partial charge in [0.15, 0.2) is 0 Å². The van der Waals surface area contributed by atoms with Gasteiger partial charge < -0.3 is 5.32 Å². The Bertz CT molecular complexity index is 588. The van der Waals surface area contributed by atoms with Gasteiger partial charge in [-0.2, -0.15) is 0 Å². The maximum absolute atomic E-state index is 6.18. The molecule has 0 fully saturated rings. The Morgan fingerprint density at radius 2 is 1.90 bits per heavy atom. The summed E-state index contributed by atoms with van der Waals surface area (Å²) >= 11 is 8.00. The minimum atomic E-state index is 0.266. The zero-order valence-corrected chi connectivity index (χ0v) is 14.1. The average Bonchev–Trinajstić information content (AvgIpc) is 2.48. The second-order valence-electron chi connectivity index (χ2n) is 5.09. The molecule has 0 aliphatic carbocycles. The molecule has 21 heavy (non-hydrogen) atoms. The molecule has 1 N–H and O–H groups in total. The topological polar surface area (TPSA) is 37.8 Å². The number of nitrogens with one attached hydrogen (secondary N) is 1. The van der Waals surface area contributed by atoms with E-state index in [-0.39, 0.29) is 5.92 Å². The van der Waals surface area contributed by atoms with Crippen LogP contribution >= 0.6 is 23.4 Å². The van der Waals surface area contributed by atoms with Gasteiger partial charge in [0.05, 0.1) is 0 Å². The first-order valence-electron chi connectivity index (χ1n) is 7.03. The highest BCUT2D eigenvalue weighted by Crippen LogP contribution is 2.23. The Morgan fingerprint density at radius 1 is 1.19 bits per heavy atom. The molecule has 0 unspecified atom stereocenters. The number of halogens is 1. The SMILES string of the molecule is Cc1c(Cl)nc(C(C)C)nc1NCCSc1ccccc1. The van der Waals surface area contributed by atoms with E-state index in [2.05, 4.69) is 53.4 Å². The van der Waals surface area contributed by atoms with Crippen LogP contribution in [0.2, 0.25) is 5.15 Å². The van der Waals surface area contributed by atoms with Crippen LogP contribution in [0.15, 0.2) is 35.2 Å². The van der Waals surface area contributed by atoms with Crippen molar-refractivity contribution in [3.63, 3.8) is 0 Å². The third-order valence-corrected chi connectivity index (χ3v) is 4.41. The van der Waals surface area contributed by atoms with Crippen molar-refractivity contribution in [2.75, 3.05) is 17.6 Å². The van der Waals surface area contributed by atoms with Crippen LogP contribution in [0.3, 0.4) is 0 Å². The summed E-state index contributed by atoms with van der Waals surface area (Å²) in [6.45, 7) is 6.91. The number of aromatic nitrogens is 2. The van der Waals surface area contributed by atoms with Gasteiger partial charge in [0.1, 0.15) is 16.8 Å². The summed E-state index contributed by atoms with van der Waals surface area (Å²) in [6, 6.07) is 10.4. The number of thioether (sulfide) groups is 1. The number of rotatable bonds is 6. The molecular formula is C16H20ClN3S. The number of benzene rings is 1. The van der Waals surface area contributed by atoms with Crippen molar-refractivity contribution in [2.24, 2.45) is 0 Å². The highest BCUT2D eigenvalue weighted by molar-refractivity contribution is 7.99. The molecule has 0 saturated carbocycles. The number of hydrogen-bond donors (Lipinski definition) is 1. The first-order valence-corrected chi connectivity index (χ1v) is 8.40. The van der Waals surface area contributed by atoms with Gasteiger partial charge in [0.25, 0.3) is 0 Å². The largest absolute Gasteiger partial charge is 0.369 e. The van der Waals surface area contributed by atoms with Crippen LogP contribution < -0.4 is 5.32 Å². The summed E-state index contributed by atoms with van der Waals surface area (Å²) in [5.41, 5.74) is 0.908. The summed E-state index contributed by atoms with van der Waals surface area (Å²) in [7, 11) is 0. The van der Waals surface area contributed by atoms with Gasteiger partial charge in [0, 0.05) is 28.7 Å². The third-order valence-electron chi connectivity index (χ3n) is 3.03. The summed E-state index contributed by atoms with van der Waals surface area (Å²) in [5, 5.41) is 3.90. The van der Waals surface area contributed by atoms with E-state index in [0.29, 0.717) is 5.15 Å². The Morgan fingerprint density at radius 3 is 2.57 bits per heavy atom. The zero-order chi connectivity index (χ0) is 15.2. The summed E-state index contributed by atoms with van der Waals surface area (Å²) in [6.07, 6.45) is 0. The molecule has 0 atom stereocenters. The van der Waals surface area contributed by atoms with Gasteiger partial charge in [-0.3, -0.25) is 0 Å². The van der Waals surface area contributed by atoms with Crippen molar-refractivity contribution in [3.8, 4) is 0 Å². The van der Waals surface area contributed by atoms with E-state index in [0.717, 1.165) is 29.5 Å². The fourth-order valence-corrected chi connectivity index (χ4v) is 2.76. The third kappa shape index (κ3) is 4.61. The molecule has 1 aromatic heterocycles. The van der Waals surface area contributed by atoms with E-state index >= 15 is 0 Å². The van der Waals surface area contributed by atoms with E-state index < -0.39 is 0 Å². The Kier molecular flexibility index (Phi) is 5.88. The predicted octanol–water partition coefficient (Wildman–Crippen LogP) is 4.77. The van der Waals surface area contributed by atoms with Crippen LogP contribution in [-0.2, 0) is 0 Å². The molecule has 3 nitrogen and oxygen atoms in total. The highest BCUT2D eigenvalue weighted by atomic mass is 35.5. The highest BCUT2D eigenvalue weighted by Gasteiger charge is 2.11. The molecule has 2 rings (SSSR count). The van der Waals surface area contributed by atoms with Crippen LogP contribution in [0, 0.1) is 6.92 Å². The first-order chi connectivity index (χ1) is 10.1. The van der Waals surface area contributed by atoms with Crippen molar-refractivity contribution in [1.82, 2.24) is 9.97 Å². The summed E-state index contributed by atoms with van der Waals surface area (Å²) in [5.74, 6) is 2.86. The van der Waals surface area contributed by atoms with Crippen molar-refractivity contribution in [3.05, 3.63) is 46.9 Å². The lowest BCUT2D eigenvalue weighted by Crippen LogP contribution is -2.10. The second kappa shape index (κ2) is 7.66. The summed E-state index contributed by atoms with van der Waals surface area (Å²) < 4.78 is 0. The minimum absolute atomic E-state index is 0.266. The van der Waals surface area contributed by atoms with Gasteiger partial charge in [-0.25, -0.2) is 9.97 Å². The zero-order valence-electron chi connectivity index (χ0n) is 12.6. The molecule has 0 saturated heterocycles. The van der Waals surface area contributed by atoms with E-state index in [1.54, 1.807) is 0 Å². The van der Waals surface area contributed by atoms with E-state index in [1.165, 1.54) is 4.90 Å². The number of nitrogens with zero attached hydrogens (tertiary/aromatic N) is 2. The monoisotopic (exact) mass is 321 g/mol. The molecule has 0 radical (unpaired) electrons. The molecule has 0 aliphatic rings. The Hall–Kier alpha value is -1.26. The van der Waals surface area contributed by atoms with Crippen molar-refractivity contribution in [2.45, 2.75) is 31.6 Å². The Balaban J connectivity index is 1.93. The molecule has 0 spiro atoms. The quantitative estimate of drug-likeness (QED) is 0.472. The predicted molar refractivity (Wildman–Crippen MR) is 91.5 cm³/mol. The van der Waals surface area contributed by atoms with E-state index in [1.807, 2.05) is 24.8 Å². The molecule has 2 aromatic rings. The lowest BCUT2D eigenvalue weighted by Gasteiger charge is -2.12. The van der Waals surface area contributed by atoms with Crippen LogP contribution in [-0.4, -0.2) is 22.3 Å². The van der Waals surface area contributed by atoms with Crippen molar-refractivity contribution >= 4 is 29.2 Å². The standard InChI is InChI=1S/C16H20ClN3S/c1-11(2)15-19-14(17)12(3)16(20-15)18-9-10-21-13-7-5-4-6-8-13/h4-8,11H,9-10H2,1-3H3,(H,18,19,20). The van der Waals surface area contributed by atoms with Crippen LogP contribution in [0.25, 0.3) is 0 Å². The number of anilines is 1. The lowest BCUT2D eigenvalue weighted by atomic mass is 10.2. The first kappa shape index (κ1) is 16.1. The lowest BCUT2D eigenvalue weighted by molar-refractivity contribution is 0.772. The second-order valence-corrected chi connectivity index (χ2v) is 6.62. The van der Waals surface area contributed by atoms with Gasteiger partial charge in [-0.05, 0) is 19.1 Å². The molecule has 0 amide bonds. The smallest absolute Gasteiger partial charge is 0.137 e. The van der Waals surface area contributed by atoms with E-state index in [9.17, 15) is 0 Å². The molecule has 1 aromatic carbocycles. The average molecular weight is 322 g/mol. The number of hydrogen-bond acceptors (Lipinski definition) is 4. The molecular weight excluding hydrogens is 302 g/mol. The molecule has 5 heteroatoms. The molecule has 0 bridgehead atoms. The van der Waals surface area contributed by atoms with E-state index in [4.69, 9.17) is 11.6 Å².